The van der Waals surface area contributed by atoms with E-state index in [1.54, 1.807) is 37.6 Å². The van der Waals surface area contributed by atoms with Gasteiger partial charge in [0.15, 0.2) is 5.84 Å². The third-order valence-electron chi connectivity index (χ3n) is 5.86. The van der Waals surface area contributed by atoms with Crippen LogP contribution in [-0.4, -0.2) is 43.4 Å². The third kappa shape index (κ3) is 6.01. The highest BCUT2D eigenvalue weighted by Crippen LogP contribution is 2.37. The van der Waals surface area contributed by atoms with Crippen LogP contribution in [0.5, 0.6) is 0 Å². The molecule has 1 aromatic rings. The van der Waals surface area contributed by atoms with Gasteiger partial charge < -0.3 is 15.3 Å². The number of alkyl halides is 3. The molecule has 0 amide bonds. The highest BCUT2D eigenvalue weighted by Gasteiger charge is 2.40. The molecule has 0 aromatic heterocycles. The topological polar surface area (TPSA) is 56.7 Å². The van der Waals surface area contributed by atoms with Crippen molar-refractivity contribution in [2.45, 2.75) is 32.4 Å². The van der Waals surface area contributed by atoms with Crippen molar-refractivity contribution in [2.24, 2.45) is 16.8 Å². The lowest BCUT2D eigenvalue weighted by Gasteiger charge is -2.23. The number of fused-ring (bicyclic) bond motifs is 1. The smallest absolute Gasteiger partial charge is 0.341 e. The molecule has 0 bridgehead atoms. The Morgan fingerprint density at radius 1 is 1.19 bits per heavy atom. The normalized spacial score (nSPS) is 23.0. The van der Waals surface area contributed by atoms with Gasteiger partial charge in [-0.2, -0.15) is 13.2 Å². The fourth-order valence-electron chi connectivity index (χ4n) is 4.29. The monoisotopic (exact) mass is 454 g/mol. The van der Waals surface area contributed by atoms with Crippen molar-refractivity contribution in [3.8, 4) is 0 Å². The summed E-state index contributed by atoms with van der Waals surface area (Å²) in [6, 6.07) is 6.89. The number of halogens is 3. The molecule has 2 unspecified atom stereocenters. The predicted octanol–water partition coefficient (Wildman–Crippen LogP) is 4.96. The molecule has 1 aliphatic carbocycles. The van der Waals surface area contributed by atoms with E-state index in [4.69, 9.17) is 0 Å². The lowest BCUT2D eigenvalue weighted by Crippen LogP contribution is -2.44. The van der Waals surface area contributed by atoms with Crippen LogP contribution in [0.1, 0.15) is 26.2 Å². The molecule has 1 aromatic carbocycles. The van der Waals surface area contributed by atoms with Gasteiger partial charge in [-0.05, 0) is 69.2 Å². The van der Waals surface area contributed by atoms with Gasteiger partial charge >= 0.3 is 6.18 Å². The highest BCUT2D eigenvalue weighted by atomic mass is 31.2. The molecule has 9 heteroatoms. The zero-order valence-electron chi connectivity index (χ0n) is 18.2. The number of nitrogens with one attached hydrogen (secondary N) is 2. The van der Waals surface area contributed by atoms with E-state index in [0.29, 0.717) is 30.6 Å². The molecule has 170 valence electrons. The number of allylic oxidation sites excluding steroid dienone is 1. The summed E-state index contributed by atoms with van der Waals surface area (Å²) in [4.78, 5) is 4.15. The van der Waals surface area contributed by atoms with Crippen molar-refractivity contribution in [3.05, 3.63) is 48.3 Å². The van der Waals surface area contributed by atoms with Gasteiger partial charge in [0.1, 0.15) is 13.0 Å². The summed E-state index contributed by atoms with van der Waals surface area (Å²) >= 11 is 0. The van der Waals surface area contributed by atoms with Gasteiger partial charge in [-0.25, -0.2) is 10.0 Å². The predicted molar refractivity (Wildman–Crippen MR) is 121 cm³/mol. The lowest BCUT2D eigenvalue weighted by atomic mass is 10.0. The number of aliphatic imine (C=N–C) groups is 1. The van der Waals surface area contributed by atoms with Crippen LogP contribution in [0.15, 0.2) is 53.3 Å². The number of benzene rings is 1. The first-order valence-electron chi connectivity index (χ1n) is 10.4. The molecule has 3 rings (SSSR count). The Hall–Kier alpha value is -2.05. The van der Waals surface area contributed by atoms with E-state index in [0.717, 1.165) is 24.2 Å². The van der Waals surface area contributed by atoms with Gasteiger partial charge in [0.2, 0.25) is 0 Å². The van der Waals surface area contributed by atoms with E-state index in [1.807, 2.05) is 5.01 Å². The lowest BCUT2D eigenvalue weighted by molar-refractivity contribution is -0.0867. The molecule has 0 spiro atoms. The van der Waals surface area contributed by atoms with Crippen LogP contribution in [0.4, 0.5) is 18.9 Å². The molecule has 2 aliphatic rings. The third-order valence-corrected chi connectivity index (χ3v) is 7.41. The Morgan fingerprint density at radius 3 is 2.26 bits per heavy atom. The Morgan fingerprint density at radius 2 is 1.77 bits per heavy atom. The number of anilines is 1. The van der Waals surface area contributed by atoms with Gasteiger partial charge in [0.25, 0.3) is 0 Å². The van der Waals surface area contributed by atoms with Gasteiger partial charge in [0, 0.05) is 24.1 Å². The Balaban J connectivity index is 1.77. The summed E-state index contributed by atoms with van der Waals surface area (Å²) in [7, 11) is -2.38. The summed E-state index contributed by atoms with van der Waals surface area (Å²) in [6.45, 7) is 9.93. The maximum Gasteiger partial charge on any atom is 0.419 e. The van der Waals surface area contributed by atoms with Crippen LogP contribution < -0.4 is 16.0 Å². The van der Waals surface area contributed by atoms with Crippen LogP contribution in [0.2, 0.25) is 0 Å². The minimum atomic E-state index is -4.54. The summed E-state index contributed by atoms with van der Waals surface area (Å²) in [5.41, 5.74) is 2.68. The summed E-state index contributed by atoms with van der Waals surface area (Å²) in [6.07, 6.45) is -0.0836. The zero-order chi connectivity index (χ0) is 22.8. The number of hydrazine groups is 1. The van der Waals surface area contributed by atoms with Crippen molar-refractivity contribution >= 4 is 24.0 Å². The fraction of sp³-hybridized carbons (Fsp3) is 0.500. The number of hydrogen-bond donors (Lipinski definition) is 2. The van der Waals surface area contributed by atoms with Crippen molar-refractivity contribution in [2.75, 3.05) is 31.7 Å². The van der Waals surface area contributed by atoms with Crippen LogP contribution in [0.3, 0.4) is 0 Å². The van der Waals surface area contributed by atoms with E-state index in [9.17, 15) is 17.7 Å². The molecule has 2 fully saturated rings. The molecule has 2 atom stereocenters. The second-order valence-electron chi connectivity index (χ2n) is 8.60. The molecule has 1 aliphatic heterocycles. The van der Waals surface area contributed by atoms with Crippen molar-refractivity contribution < 1.29 is 17.7 Å². The number of rotatable bonds is 6. The number of amidine groups is 1. The Labute approximate surface area is 181 Å². The maximum absolute atomic E-state index is 13.6. The van der Waals surface area contributed by atoms with Gasteiger partial charge in [-0.3, -0.25) is 0 Å². The van der Waals surface area contributed by atoms with Gasteiger partial charge in [-0.15, -0.1) is 0 Å². The highest BCUT2D eigenvalue weighted by molar-refractivity contribution is 7.70. The van der Waals surface area contributed by atoms with Crippen molar-refractivity contribution in [3.63, 3.8) is 0 Å². The maximum atomic E-state index is 13.6. The van der Waals surface area contributed by atoms with Crippen LogP contribution >= 0.6 is 7.14 Å². The number of hydrogen-bond acceptors (Lipinski definition) is 4. The van der Waals surface area contributed by atoms with Gasteiger partial charge in [-0.1, -0.05) is 19.1 Å². The minimum absolute atomic E-state index is 0.0782. The summed E-state index contributed by atoms with van der Waals surface area (Å²) in [5.74, 6) is 0.869. The molecule has 2 N–H and O–H groups in total. The first-order chi connectivity index (χ1) is 14.5. The molecule has 1 heterocycles. The fourth-order valence-corrected chi connectivity index (χ4v) is 5.16. The molecule has 5 nitrogen and oxygen atoms in total. The van der Waals surface area contributed by atoms with E-state index < -0.39 is 18.9 Å². The quantitative estimate of drug-likeness (QED) is 0.362. The molecule has 1 saturated heterocycles. The Kier molecular flexibility index (Phi) is 7.01. The van der Waals surface area contributed by atoms with E-state index in [-0.39, 0.29) is 11.7 Å². The van der Waals surface area contributed by atoms with E-state index >= 15 is 0 Å². The SMILES string of the molecule is C=C(/N=C(NN1CC2CCCC2C1)\C(=C/C)C(F)(F)F)Nc1ccc(P(C)(C)=O)cc1. The van der Waals surface area contributed by atoms with Gasteiger partial charge in [0.05, 0.1) is 5.57 Å². The first kappa shape index (κ1) is 23.6. The molecular weight excluding hydrogens is 424 g/mol. The number of nitrogens with zero attached hydrogens (tertiary/aromatic N) is 2. The second-order valence-corrected chi connectivity index (χ2v) is 11.8. The summed E-state index contributed by atoms with van der Waals surface area (Å²) in [5, 5.41) is 5.48. The molecule has 0 radical (unpaired) electrons. The van der Waals surface area contributed by atoms with Crippen LogP contribution in [-0.2, 0) is 4.57 Å². The molecular formula is C22H30F3N4OP. The van der Waals surface area contributed by atoms with Crippen molar-refractivity contribution in [1.29, 1.82) is 0 Å². The average molecular weight is 454 g/mol. The van der Waals surface area contributed by atoms with E-state index in [1.165, 1.54) is 13.3 Å². The van der Waals surface area contributed by atoms with Crippen molar-refractivity contribution in [1.82, 2.24) is 10.4 Å². The van der Waals surface area contributed by atoms with Crippen LogP contribution in [0.25, 0.3) is 0 Å². The zero-order valence-corrected chi connectivity index (χ0v) is 19.1. The molecule has 31 heavy (non-hydrogen) atoms. The van der Waals surface area contributed by atoms with E-state index in [2.05, 4.69) is 22.3 Å². The average Bonchev–Trinajstić information content (AvgIpc) is 3.22. The largest absolute Gasteiger partial charge is 0.419 e. The minimum Gasteiger partial charge on any atom is -0.341 e. The molecule has 1 saturated carbocycles. The van der Waals surface area contributed by atoms with Crippen LogP contribution in [0, 0.1) is 11.8 Å². The second kappa shape index (κ2) is 9.21. The standard InChI is InChI=1S/C22H30F3N4OP/c1-5-20(22(23,24)25)21(28-29-13-16-7-6-8-17(16)14-29)27-15(2)26-18-9-11-19(12-10-18)31(3,4)30/h5,9-12,16-17,26H,2,6-8,13-14H2,1,3-4H3,(H,27,28)/b20-5+. The summed E-state index contributed by atoms with van der Waals surface area (Å²) < 4.78 is 53.0. The Bertz CT molecular complexity index is 906. The first-order valence-corrected chi connectivity index (χ1v) is 13.0.